The highest BCUT2D eigenvalue weighted by Gasteiger charge is 2.51. The van der Waals surface area contributed by atoms with Crippen molar-refractivity contribution in [3.8, 4) is 0 Å². The van der Waals surface area contributed by atoms with Gasteiger partial charge >= 0.3 is 0 Å². The fourth-order valence-electron chi connectivity index (χ4n) is 14.3. The number of allylic oxidation sites excluding steroid dienone is 4. The summed E-state index contributed by atoms with van der Waals surface area (Å²) in [7, 11) is 0. The summed E-state index contributed by atoms with van der Waals surface area (Å²) in [6.07, 6.45) is 43.9. The fraction of sp³-hybridized carbons (Fsp3) is 0.909. The Bertz CT molecular complexity index is 937. The summed E-state index contributed by atoms with van der Waals surface area (Å²) in [5.41, 5.74) is 0. The summed E-state index contributed by atoms with van der Waals surface area (Å²) in [6.45, 7) is 7.46. The van der Waals surface area contributed by atoms with Crippen molar-refractivity contribution < 1.29 is 0 Å². The second-order valence-corrected chi connectivity index (χ2v) is 18.4. The molecule has 2 aliphatic heterocycles. The van der Waals surface area contributed by atoms with Gasteiger partial charge in [-0.1, -0.05) is 63.8 Å². The zero-order valence-electron chi connectivity index (χ0n) is 30.3. The van der Waals surface area contributed by atoms with Gasteiger partial charge in [-0.15, -0.1) is 0 Å². The van der Waals surface area contributed by atoms with E-state index in [0.717, 1.165) is 83.3 Å². The summed E-state index contributed by atoms with van der Waals surface area (Å²) in [5, 5.41) is 0. The Morgan fingerprint density at radius 2 is 0.717 bits per heavy atom. The molecule has 6 saturated carbocycles. The molecule has 0 radical (unpaired) electrons. The molecule has 0 aromatic heterocycles. The van der Waals surface area contributed by atoms with Crippen molar-refractivity contribution in [3.05, 3.63) is 24.3 Å². The predicted molar refractivity (Wildman–Crippen MR) is 195 cm³/mol. The molecule has 0 bridgehead atoms. The molecule has 0 amide bonds. The van der Waals surface area contributed by atoms with Crippen molar-refractivity contribution in [1.29, 1.82) is 0 Å². The van der Waals surface area contributed by atoms with E-state index in [-0.39, 0.29) is 0 Å². The molecule has 0 aromatic rings. The van der Waals surface area contributed by atoms with Crippen LogP contribution in [0.1, 0.15) is 155 Å². The Morgan fingerprint density at radius 3 is 1.13 bits per heavy atom. The van der Waals surface area contributed by atoms with Gasteiger partial charge in [-0.05, 0) is 188 Å². The molecule has 46 heavy (non-hydrogen) atoms. The molecule has 258 valence electrons. The molecule has 0 aromatic carbocycles. The molecule has 2 saturated heterocycles. The van der Waals surface area contributed by atoms with Crippen LogP contribution in [-0.4, -0.2) is 47.1 Å². The van der Waals surface area contributed by atoms with Gasteiger partial charge < -0.3 is 0 Å². The van der Waals surface area contributed by atoms with Crippen LogP contribution in [-0.2, 0) is 0 Å². The maximum Gasteiger partial charge on any atom is 0.0130 e. The van der Waals surface area contributed by atoms with Crippen LogP contribution in [0, 0.1) is 59.2 Å². The van der Waals surface area contributed by atoms with Crippen LogP contribution in [0.25, 0.3) is 0 Å². The van der Waals surface area contributed by atoms with E-state index in [1.54, 1.807) is 0 Å². The highest BCUT2D eigenvalue weighted by Crippen LogP contribution is 2.52. The van der Waals surface area contributed by atoms with E-state index in [2.05, 4.69) is 48.0 Å². The van der Waals surface area contributed by atoms with Gasteiger partial charge in [-0.25, -0.2) is 0 Å². The Hall–Kier alpha value is -0.600. The van der Waals surface area contributed by atoms with E-state index in [1.165, 1.54) is 154 Å². The molecule has 10 unspecified atom stereocenters. The van der Waals surface area contributed by atoms with E-state index < -0.39 is 0 Å². The molecular formula is C44H72N2. The van der Waals surface area contributed by atoms with E-state index in [0.29, 0.717) is 0 Å². The van der Waals surface area contributed by atoms with Gasteiger partial charge in [0.2, 0.25) is 0 Å². The van der Waals surface area contributed by atoms with Crippen LogP contribution in [0.15, 0.2) is 24.3 Å². The van der Waals surface area contributed by atoms with Gasteiger partial charge in [0.05, 0.1) is 0 Å². The number of hydrogen-bond acceptors (Lipinski definition) is 2. The third-order valence-electron chi connectivity index (χ3n) is 16.5. The lowest BCUT2D eigenvalue weighted by Gasteiger charge is -2.38. The van der Waals surface area contributed by atoms with Gasteiger partial charge in [-0.2, -0.15) is 0 Å². The lowest BCUT2D eigenvalue weighted by Crippen LogP contribution is -2.40. The first-order chi connectivity index (χ1) is 22.7. The number of hydrogen-bond donors (Lipinski definition) is 0. The maximum absolute atomic E-state index is 2.96. The highest BCUT2D eigenvalue weighted by atomic mass is 15.2. The zero-order chi connectivity index (χ0) is 31.0. The fourth-order valence-corrected chi connectivity index (χ4v) is 14.3. The maximum atomic E-state index is 2.96. The van der Waals surface area contributed by atoms with Crippen molar-refractivity contribution in [2.24, 2.45) is 59.2 Å². The van der Waals surface area contributed by atoms with Crippen molar-refractivity contribution in [2.45, 2.75) is 179 Å². The number of likely N-dealkylation sites (tertiary alicyclic amines) is 2. The minimum Gasteiger partial charge on any atom is -0.297 e. The van der Waals surface area contributed by atoms with E-state index >= 15 is 0 Å². The highest BCUT2D eigenvalue weighted by molar-refractivity contribution is 5.08. The summed E-state index contributed by atoms with van der Waals surface area (Å²) < 4.78 is 0. The molecule has 2 heteroatoms. The van der Waals surface area contributed by atoms with Crippen LogP contribution < -0.4 is 0 Å². The molecule has 0 spiro atoms. The van der Waals surface area contributed by atoms with Gasteiger partial charge in [0, 0.05) is 24.2 Å². The van der Waals surface area contributed by atoms with Gasteiger partial charge in [0.15, 0.2) is 0 Å². The van der Waals surface area contributed by atoms with Crippen LogP contribution in [0.3, 0.4) is 0 Å². The van der Waals surface area contributed by atoms with Gasteiger partial charge in [0.25, 0.3) is 0 Å². The quantitative estimate of drug-likeness (QED) is 0.259. The van der Waals surface area contributed by atoms with Crippen LogP contribution in [0.5, 0.6) is 0 Å². The molecule has 8 rings (SSSR count). The smallest absolute Gasteiger partial charge is 0.0130 e. The largest absolute Gasteiger partial charge is 0.297 e. The van der Waals surface area contributed by atoms with Gasteiger partial charge in [-0.3, -0.25) is 9.80 Å². The predicted octanol–water partition coefficient (Wildman–Crippen LogP) is 11.1. The average Bonchev–Trinajstić information content (AvgIpc) is 3.61. The summed E-state index contributed by atoms with van der Waals surface area (Å²) >= 11 is 0. The zero-order valence-corrected chi connectivity index (χ0v) is 30.3. The summed E-state index contributed by atoms with van der Waals surface area (Å²) in [5.74, 6) is 9.67. The lowest BCUT2D eigenvalue weighted by molar-refractivity contribution is 0.139. The molecule has 8 aliphatic rings. The molecule has 2 nitrogen and oxygen atoms in total. The van der Waals surface area contributed by atoms with Crippen LogP contribution >= 0.6 is 0 Å². The summed E-state index contributed by atoms with van der Waals surface area (Å²) in [6, 6.07) is 3.72. The molecule has 2 heterocycles. The van der Waals surface area contributed by atoms with Crippen molar-refractivity contribution in [3.63, 3.8) is 0 Å². The standard InChI is InChI=1S/C44H72N2/c1-3-45-41-11-7-5-9-37(41)39-29-33(21-27-43(39)45)15-13-31-17-23-35(24-18-31)36-25-19-32(20-26-36)14-16-34-22-28-44-40(30-34)38-10-6-8-12-42(38)46(44)4-2/h13-16,31-44H,3-12,17-30H2,1-2H3. The first-order valence-electron chi connectivity index (χ1n) is 21.6. The molecule has 6 aliphatic carbocycles. The lowest BCUT2D eigenvalue weighted by atomic mass is 9.68. The first kappa shape index (κ1) is 32.6. The van der Waals surface area contributed by atoms with Gasteiger partial charge in [0.1, 0.15) is 0 Å². The first-order valence-corrected chi connectivity index (χ1v) is 21.6. The normalized spacial score (nSPS) is 48.7. The average molecular weight is 629 g/mol. The Balaban J connectivity index is 0.760. The van der Waals surface area contributed by atoms with E-state index in [9.17, 15) is 0 Å². The molecular weight excluding hydrogens is 556 g/mol. The minimum absolute atomic E-state index is 0.880. The molecule has 0 N–H and O–H groups in total. The third-order valence-corrected chi connectivity index (χ3v) is 16.5. The topological polar surface area (TPSA) is 6.48 Å². The Morgan fingerprint density at radius 1 is 0.370 bits per heavy atom. The second kappa shape index (κ2) is 14.7. The molecule has 8 fully saturated rings. The van der Waals surface area contributed by atoms with Crippen molar-refractivity contribution in [2.75, 3.05) is 13.1 Å². The second-order valence-electron chi connectivity index (χ2n) is 18.4. The monoisotopic (exact) mass is 629 g/mol. The Kier molecular flexibility index (Phi) is 10.4. The number of nitrogens with zero attached hydrogens (tertiary/aromatic N) is 2. The molecule has 10 atom stereocenters. The van der Waals surface area contributed by atoms with E-state index in [4.69, 9.17) is 0 Å². The van der Waals surface area contributed by atoms with Crippen molar-refractivity contribution >= 4 is 0 Å². The number of fused-ring (bicyclic) bond motifs is 6. The summed E-state index contributed by atoms with van der Waals surface area (Å²) in [4.78, 5) is 5.93. The number of rotatable bonds is 7. The van der Waals surface area contributed by atoms with Crippen LogP contribution in [0.4, 0.5) is 0 Å². The van der Waals surface area contributed by atoms with Crippen molar-refractivity contribution in [1.82, 2.24) is 9.80 Å². The van der Waals surface area contributed by atoms with Crippen LogP contribution in [0.2, 0.25) is 0 Å². The SMILES string of the molecule is CCN1C2CCCCC2C2CC(C=CC3CCC(C4CCC(C=CC5CCC6C(C5)C5CCCCC5N6CC)CC4)CC3)CCC21. The Labute approximate surface area is 285 Å². The minimum atomic E-state index is 0.880. The van der Waals surface area contributed by atoms with E-state index in [1.807, 2.05) is 0 Å². The third kappa shape index (κ3) is 6.52.